The van der Waals surface area contributed by atoms with Gasteiger partial charge in [0.2, 0.25) is 0 Å². The molecule has 0 saturated heterocycles. The first kappa shape index (κ1) is 20.1. The summed E-state index contributed by atoms with van der Waals surface area (Å²) in [5, 5.41) is 19.5. The van der Waals surface area contributed by atoms with Crippen LogP contribution in [0.3, 0.4) is 0 Å². The quantitative estimate of drug-likeness (QED) is 0.596. The topological polar surface area (TPSA) is 56.6 Å². The van der Waals surface area contributed by atoms with E-state index in [4.69, 9.17) is 0 Å². The summed E-state index contributed by atoms with van der Waals surface area (Å²) in [7, 11) is 0. The fraction of sp³-hybridized carbons (Fsp3) is 0.292. The Bertz CT molecular complexity index is 807. The molecule has 0 spiro atoms. The molecule has 0 aliphatic heterocycles. The van der Waals surface area contributed by atoms with E-state index in [9.17, 15) is 10.2 Å². The summed E-state index contributed by atoms with van der Waals surface area (Å²) in [6.45, 7) is 3.20. The van der Waals surface area contributed by atoms with E-state index in [0.717, 1.165) is 24.5 Å². The van der Waals surface area contributed by atoms with Gasteiger partial charge in [-0.3, -0.25) is 0 Å². The van der Waals surface area contributed by atoms with E-state index < -0.39 is 5.41 Å². The van der Waals surface area contributed by atoms with Crippen LogP contribution >= 0.6 is 0 Å². The summed E-state index contributed by atoms with van der Waals surface area (Å²) in [5.74, 6) is 0.892. The molecule has 3 aromatic rings. The third-order valence-corrected chi connectivity index (χ3v) is 4.98. The normalized spacial score (nSPS) is 11.4. The number of aromatic nitrogens is 1. The van der Waals surface area contributed by atoms with E-state index in [-0.39, 0.29) is 13.2 Å². The predicted octanol–water partition coefficient (Wildman–Crippen LogP) is 3.82. The summed E-state index contributed by atoms with van der Waals surface area (Å²) >= 11 is 0. The molecule has 4 heteroatoms. The number of benzene rings is 2. The third kappa shape index (κ3) is 5.18. The molecule has 0 amide bonds. The van der Waals surface area contributed by atoms with Gasteiger partial charge in [0.25, 0.3) is 0 Å². The zero-order valence-corrected chi connectivity index (χ0v) is 16.3. The molecule has 0 aliphatic rings. The molecule has 2 N–H and O–H groups in total. The van der Waals surface area contributed by atoms with Gasteiger partial charge in [-0.15, -0.1) is 0 Å². The van der Waals surface area contributed by atoms with Gasteiger partial charge < -0.3 is 15.1 Å². The lowest BCUT2D eigenvalue weighted by atomic mass is 9.85. The minimum atomic E-state index is -0.580. The standard InChI is InChI=1S/C24H28N2O2/c1-24(18-27,19-28)15-22-13-8-14-25-23(22)26(16-20-9-4-2-5-10-20)17-21-11-6-3-7-12-21/h2-14,27-28H,15-19H2,1H3. The fourth-order valence-corrected chi connectivity index (χ4v) is 3.29. The van der Waals surface area contributed by atoms with Crippen molar-refractivity contribution in [3.8, 4) is 0 Å². The van der Waals surface area contributed by atoms with Crippen LogP contribution in [-0.4, -0.2) is 28.4 Å². The van der Waals surface area contributed by atoms with Gasteiger partial charge in [0.15, 0.2) is 0 Å². The zero-order chi connectivity index (χ0) is 19.8. The molecular formula is C24H28N2O2. The number of nitrogens with zero attached hydrogens (tertiary/aromatic N) is 2. The molecular weight excluding hydrogens is 348 g/mol. The highest BCUT2D eigenvalue weighted by Gasteiger charge is 2.26. The summed E-state index contributed by atoms with van der Waals surface area (Å²) in [5.41, 5.74) is 2.87. The summed E-state index contributed by atoms with van der Waals surface area (Å²) < 4.78 is 0. The van der Waals surface area contributed by atoms with Crippen LogP contribution in [0.5, 0.6) is 0 Å². The van der Waals surface area contributed by atoms with Crippen LogP contribution < -0.4 is 4.90 Å². The largest absolute Gasteiger partial charge is 0.396 e. The van der Waals surface area contributed by atoms with Crippen molar-refractivity contribution in [3.05, 3.63) is 95.7 Å². The Morgan fingerprint density at radius 1 is 0.786 bits per heavy atom. The molecule has 0 unspecified atom stereocenters. The smallest absolute Gasteiger partial charge is 0.132 e. The third-order valence-electron chi connectivity index (χ3n) is 4.98. The van der Waals surface area contributed by atoms with E-state index in [1.807, 2.05) is 55.5 Å². The molecule has 0 bridgehead atoms. The molecule has 146 valence electrons. The van der Waals surface area contributed by atoms with Crippen molar-refractivity contribution >= 4 is 5.82 Å². The molecule has 2 aromatic carbocycles. The van der Waals surface area contributed by atoms with Crippen molar-refractivity contribution in [2.45, 2.75) is 26.4 Å². The first-order valence-corrected chi connectivity index (χ1v) is 9.62. The first-order chi connectivity index (χ1) is 13.6. The molecule has 4 nitrogen and oxygen atoms in total. The van der Waals surface area contributed by atoms with E-state index in [2.05, 4.69) is 34.1 Å². The summed E-state index contributed by atoms with van der Waals surface area (Å²) in [6, 6.07) is 24.6. The number of hydrogen-bond acceptors (Lipinski definition) is 4. The lowest BCUT2D eigenvalue weighted by Crippen LogP contribution is -2.31. The highest BCUT2D eigenvalue weighted by atomic mass is 16.3. The average molecular weight is 377 g/mol. The van der Waals surface area contributed by atoms with Gasteiger partial charge in [-0.25, -0.2) is 4.98 Å². The first-order valence-electron chi connectivity index (χ1n) is 9.62. The maximum absolute atomic E-state index is 9.75. The Balaban J connectivity index is 1.95. The number of rotatable bonds is 9. The molecule has 0 fully saturated rings. The van der Waals surface area contributed by atoms with Crippen LogP contribution in [0, 0.1) is 5.41 Å². The van der Waals surface area contributed by atoms with Crippen molar-refractivity contribution in [1.82, 2.24) is 4.98 Å². The minimum absolute atomic E-state index is 0.0742. The lowest BCUT2D eigenvalue weighted by molar-refractivity contribution is 0.0704. The second-order valence-electron chi connectivity index (χ2n) is 7.62. The van der Waals surface area contributed by atoms with E-state index in [1.54, 1.807) is 6.20 Å². The summed E-state index contributed by atoms with van der Waals surface area (Å²) in [6.07, 6.45) is 2.36. The maximum atomic E-state index is 9.75. The van der Waals surface area contributed by atoms with Crippen molar-refractivity contribution in [2.75, 3.05) is 18.1 Å². The van der Waals surface area contributed by atoms with Gasteiger partial charge in [0.05, 0.1) is 13.2 Å². The van der Waals surface area contributed by atoms with Crippen molar-refractivity contribution in [2.24, 2.45) is 5.41 Å². The number of anilines is 1. The van der Waals surface area contributed by atoms with Crippen LogP contribution in [0.1, 0.15) is 23.6 Å². The van der Waals surface area contributed by atoms with Crippen LogP contribution in [0.4, 0.5) is 5.82 Å². The number of hydrogen-bond donors (Lipinski definition) is 2. The number of pyridine rings is 1. The Morgan fingerprint density at radius 2 is 1.32 bits per heavy atom. The summed E-state index contributed by atoms with van der Waals surface area (Å²) in [4.78, 5) is 6.95. The van der Waals surface area contributed by atoms with Crippen molar-refractivity contribution in [3.63, 3.8) is 0 Å². The average Bonchev–Trinajstić information content (AvgIpc) is 2.75. The lowest BCUT2D eigenvalue weighted by Gasteiger charge is -2.30. The molecule has 3 rings (SSSR count). The second-order valence-corrected chi connectivity index (χ2v) is 7.62. The van der Waals surface area contributed by atoms with E-state index >= 15 is 0 Å². The van der Waals surface area contributed by atoms with Gasteiger partial charge in [-0.1, -0.05) is 73.7 Å². The number of aliphatic hydroxyl groups is 2. The highest BCUT2D eigenvalue weighted by molar-refractivity contribution is 5.48. The zero-order valence-electron chi connectivity index (χ0n) is 16.3. The maximum Gasteiger partial charge on any atom is 0.132 e. The molecule has 1 aromatic heterocycles. The molecule has 0 saturated carbocycles. The van der Waals surface area contributed by atoms with Gasteiger partial charge in [-0.05, 0) is 29.2 Å². The fourth-order valence-electron chi connectivity index (χ4n) is 3.29. The van der Waals surface area contributed by atoms with E-state index in [1.165, 1.54) is 11.1 Å². The molecule has 0 radical (unpaired) electrons. The monoisotopic (exact) mass is 376 g/mol. The van der Waals surface area contributed by atoms with Crippen molar-refractivity contribution < 1.29 is 10.2 Å². The SMILES string of the molecule is CC(CO)(CO)Cc1cccnc1N(Cc1ccccc1)Cc1ccccc1. The highest BCUT2D eigenvalue weighted by Crippen LogP contribution is 2.29. The van der Waals surface area contributed by atoms with Crippen LogP contribution in [0.25, 0.3) is 0 Å². The van der Waals surface area contributed by atoms with Gasteiger partial charge >= 0.3 is 0 Å². The minimum Gasteiger partial charge on any atom is -0.396 e. The van der Waals surface area contributed by atoms with Crippen LogP contribution in [-0.2, 0) is 19.5 Å². The van der Waals surface area contributed by atoms with Crippen LogP contribution in [0.15, 0.2) is 79.0 Å². The van der Waals surface area contributed by atoms with Gasteiger partial charge in [0.1, 0.15) is 5.82 Å². The Labute approximate surface area is 167 Å². The Hall–Kier alpha value is -2.69. The molecule has 0 aliphatic carbocycles. The van der Waals surface area contributed by atoms with Gasteiger partial charge in [-0.2, -0.15) is 0 Å². The molecule has 0 atom stereocenters. The molecule has 28 heavy (non-hydrogen) atoms. The molecule has 1 heterocycles. The second kappa shape index (κ2) is 9.49. The number of aliphatic hydroxyl groups excluding tert-OH is 2. The predicted molar refractivity (Wildman–Crippen MR) is 113 cm³/mol. The Kier molecular flexibility index (Phi) is 6.80. The van der Waals surface area contributed by atoms with Gasteiger partial charge in [0, 0.05) is 24.7 Å². The van der Waals surface area contributed by atoms with Crippen LogP contribution in [0.2, 0.25) is 0 Å². The van der Waals surface area contributed by atoms with Crippen molar-refractivity contribution in [1.29, 1.82) is 0 Å². The Morgan fingerprint density at radius 3 is 1.82 bits per heavy atom. The van der Waals surface area contributed by atoms with E-state index in [0.29, 0.717) is 6.42 Å².